The lowest BCUT2D eigenvalue weighted by Crippen LogP contribution is -2.48. The lowest BCUT2D eigenvalue weighted by Gasteiger charge is -2.34. The van der Waals surface area contributed by atoms with E-state index in [4.69, 9.17) is 4.74 Å². The van der Waals surface area contributed by atoms with Gasteiger partial charge in [-0.25, -0.2) is 4.79 Å². The Kier molecular flexibility index (Phi) is 6.35. The van der Waals surface area contributed by atoms with Gasteiger partial charge in [-0.1, -0.05) is 13.8 Å². The third kappa shape index (κ3) is 6.70. The molecule has 0 aromatic rings. The Hall–Kier alpha value is -0.770. The van der Waals surface area contributed by atoms with Crippen molar-refractivity contribution < 1.29 is 9.53 Å². The van der Waals surface area contributed by atoms with Crippen LogP contribution >= 0.6 is 0 Å². The van der Waals surface area contributed by atoms with Crippen LogP contribution in [-0.4, -0.2) is 30.3 Å². The highest BCUT2D eigenvalue weighted by Crippen LogP contribution is 2.35. The molecular formula is C19H36N2O2. The smallest absolute Gasteiger partial charge is 0.407 e. The zero-order chi connectivity index (χ0) is 17.0. The average Bonchev–Trinajstić information content (AvgIpc) is 3.26. The second kappa shape index (κ2) is 7.87. The Balaban J connectivity index is 1.73. The molecule has 1 atom stereocenters. The molecule has 2 saturated carbocycles. The summed E-state index contributed by atoms with van der Waals surface area (Å²) in [7, 11) is 0. The van der Waals surface area contributed by atoms with Crippen LogP contribution in [0.15, 0.2) is 0 Å². The second-order valence-corrected chi connectivity index (χ2v) is 8.85. The summed E-state index contributed by atoms with van der Waals surface area (Å²) in [6, 6.07) is 1.03. The van der Waals surface area contributed by atoms with Gasteiger partial charge in [0, 0.05) is 18.6 Å². The van der Waals surface area contributed by atoms with E-state index in [-0.39, 0.29) is 6.09 Å². The molecule has 23 heavy (non-hydrogen) atoms. The normalized spacial score (nSPS) is 26.9. The molecule has 0 bridgehead atoms. The molecule has 2 aliphatic carbocycles. The van der Waals surface area contributed by atoms with Crippen LogP contribution in [0.2, 0.25) is 0 Å². The fourth-order valence-corrected chi connectivity index (χ4v) is 3.62. The second-order valence-electron chi connectivity index (χ2n) is 8.85. The van der Waals surface area contributed by atoms with Crippen LogP contribution in [0.1, 0.15) is 73.1 Å². The first-order valence-electron chi connectivity index (χ1n) is 9.47. The molecule has 2 rings (SSSR count). The first-order chi connectivity index (χ1) is 10.7. The van der Waals surface area contributed by atoms with Crippen molar-refractivity contribution in [2.75, 3.05) is 6.54 Å². The maximum absolute atomic E-state index is 11.9. The van der Waals surface area contributed by atoms with Gasteiger partial charge in [0.15, 0.2) is 0 Å². The van der Waals surface area contributed by atoms with E-state index in [9.17, 15) is 4.79 Å². The summed E-state index contributed by atoms with van der Waals surface area (Å²) < 4.78 is 5.34. The van der Waals surface area contributed by atoms with Crippen LogP contribution in [0, 0.1) is 17.8 Å². The van der Waals surface area contributed by atoms with E-state index in [2.05, 4.69) is 24.5 Å². The van der Waals surface area contributed by atoms with Crippen LogP contribution < -0.4 is 10.6 Å². The number of hydrogen-bond donors (Lipinski definition) is 2. The monoisotopic (exact) mass is 324 g/mol. The van der Waals surface area contributed by atoms with Crippen molar-refractivity contribution in [2.45, 2.75) is 90.8 Å². The lowest BCUT2D eigenvalue weighted by molar-refractivity contribution is 0.0519. The van der Waals surface area contributed by atoms with Crippen molar-refractivity contribution in [3.05, 3.63) is 0 Å². The Labute approximate surface area is 142 Å². The quantitative estimate of drug-likeness (QED) is 0.773. The first kappa shape index (κ1) is 18.6. The highest BCUT2D eigenvalue weighted by atomic mass is 16.6. The minimum absolute atomic E-state index is 0.298. The third-order valence-electron chi connectivity index (χ3n) is 5.22. The standard InChI is InChI=1S/C19H36N2O2/c1-13(2)14-8-10-16(11-9-14)21-17(15-6-7-15)12-20-18(22)23-19(3,4)5/h13-17,21H,6-12H2,1-5H3,(H,20,22). The molecule has 1 unspecified atom stereocenters. The van der Waals surface area contributed by atoms with E-state index in [0.717, 1.165) is 17.8 Å². The van der Waals surface area contributed by atoms with Crippen LogP contribution in [0.25, 0.3) is 0 Å². The SMILES string of the molecule is CC(C)C1CCC(NC(CNC(=O)OC(C)(C)C)C2CC2)CC1. The van der Waals surface area contributed by atoms with Gasteiger partial charge in [-0.15, -0.1) is 0 Å². The maximum Gasteiger partial charge on any atom is 0.407 e. The van der Waals surface area contributed by atoms with Gasteiger partial charge in [0.05, 0.1) is 0 Å². The Morgan fingerprint density at radius 3 is 2.09 bits per heavy atom. The minimum Gasteiger partial charge on any atom is -0.444 e. The van der Waals surface area contributed by atoms with Crippen LogP contribution in [-0.2, 0) is 4.74 Å². The number of carbonyl (C=O) groups excluding carboxylic acids is 1. The molecule has 4 heteroatoms. The predicted molar refractivity (Wildman–Crippen MR) is 94.5 cm³/mol. The molecule has 2 fully saturated rings. The third-order valence-corrected chi connectivity index (χ3v) is 5.22. The number of alkyl carbamates (subject to hydrolysis) is 1. The maximum atomic E-state index is 11.9. The average molecular weight is 325 g/mol. The number of nitrogens with one attached hydrogen (secondary N) is 2. The van der Waals surface area contributed by atoms with Gasteiger partial charge in [-0.2, -0.15) is 0 Å². The highest BCUT2D eigenvalue weighted by molar-refractivity contribution is 5.67. The van der Waals surface area contributed by atoms with E-state index in [0.29, 0.717) is 18.6 Å². The number of amides is 1. The summed E-state index contributed by atoms with van der Waals surface area (Å²) in [4.78, 5) is 11.9. The molecule has 2 N–H and O–H groups in total. The fourth-order valence-electron chi connectivity index (χ4n) is 3.62. The van der Waals surface area contributed by atoms with E-state index in [1.165, 1.54) is 38.5 Å². The van der Waals surface area contributed by atoms with Gasteiger partial charge in [-0.05, 0) is 77.0 Å². The Morgan fingerprint density at radius 1 is 1.04 bits per heavy atom. The predicted octanol–water partition coefficient (Wildman–Crippen LogP) is 4.09. The summed E-state index contributed by atoms with van der Waals surface area (Å²) in [6.07, 6.45) is 7.51. The molecule has 2 aliphatic rings. The van der Waals surface area contributed by atoms with Crippen molar-refractivity contribution in [1.82, 2.24) is 10.6 Å². The van der Waals surface area contributed by atoms with E-state index in [1.54, 1.807) is 0 Å². The molecule has 134 valence electrons. The van der Waals surface area contributed by atoms with E-state index >= 15 is 0 Å². The fraction of sp³-hybridized carbons (Fsp3) is 0.947. The van der Waals surface area contributed by atoms with Gasteiger partial charge in [0.25, 0.3) is 0 Å². The summed E-state index contributed by atoms with van der Waals surface area (Å²) in [5, 5.41) is 6.78. The molecule has 0 saturated heterocycles. The molecule has 4 nitrogen and oxygen atoms in total. The van der Waals surface area contributed by atoms with Crippen molar-refractivity contribution >= 4 is 6.09 Å². The molecule has 0 radical (unpaired) electrons. The molecule has 1 amide bonds. The summed E-state index contributed by atoms with van der Waals surface area (Å²) in [5.74, 6) is 2.43. The molecule has 0 spiro atoms. The number of carbonyl (C=O) groups is 1. The summed E-state index contributed by atoms with van der Waals surface area (Å²) >= 11 is 0. The topological polar surface area (TPSA) is 50.4 Å². The van der Waals surface area contributed by atoms with Crippen molar-refractivity contribution in [2.24, 2.45) is 17.8 Å². The first-order valence-corrected chi connectivity index (χ1v) is 9.47. The van der Waals surface area contributed by atoms with Crippen LogP contribution in [0.4, 0.5) is 4.79 Å². The minimum atomic E-state index is -0.429. The van der Waals surface area contributed by atoms with E-state index < -0.39 is 5.60 Å². The Morgan fingerprint density at radius 2 is 1.61 bits per heavy atom. The lowest BCUT2D eigenvalue weighted by atomic mass is 9.79. The summed E-state index contributed by atoms with van der Waals surface area (Å²) in [5.41, 5.74) is -0.429. The highest BCUT2D eigenvalue weighted by Gasteiger charge is 2.34. The van der Waals surface area contributed by atoms with Gasteiger partial charge in [0.1, 0.15) is 5.60 Å². The van der Waals surface area contributed by atoms with Gasteiger partial charge < -0.3 is 15.4 Å². The molecule has 0 aromatic heterocycles. The van der Waals surface area contributed by atoms with Gasteiger partial charge >= 0.3 is 6.09 Å². The van der Waals surface area contributed by atoms with Gasteiger partial charge in [0.2, 0.25) is 0 Å². The molecular weight excluding hydrogens is 288 g/mol. The zero-order valence-electron chi connectivity index (χ0n) is 15.7. The molecule has 0 heterocycles. The van der Waals surface area contributed by atoms with E-state index in [1.807, 2.05) is 20.8 Å². The van der Waals surface area contributed by atoms with Crippen LogP contribution in [0.5, 0.6) is 0 Å². The van der Waals surface area contributed by atoms with Gasteiger partial charge in [-0.3, -0.25) is 0 Å². The van der Waals surface area contributed by atoms with Crippen molar-refractivity contribution in [3.8, 4) is 0 Å². The van der Waals surface area contributed by atoms with Crippen molar-refractivity contribution in [3.63, 3.8) is 0 Å². The zero-order valence-corrected chi connectivity index (χ0v) is 15.7. The number of hydrogen-bond acceptors (Lipinski definition) is 3. The number of rotatable bonds is 6. The van der Waals surface area contributed by atoms with Crippen LogP contribution in [0.3, 0.4) is 0 Å². The number of ether oxygens (including phenoxy) is 1. The molecule has 0 aliphatic heterocycles. The summed E-state index contributed by atoms with van der Waals surface area (Å²) in [6.45, 7) is 11.1. The molecule has 0 aromatic carbocycles. The largest absolute Gasteiger partial charge is 0.444 e. The van der Waals surface area contributed by atoms with Crippen molar-refractivity contribution in [1.29, 1.82) is 0 Å². The Bertz CT molecular complexity index is 377.